The Kier molecular flexibility index (Phi) is 5.93. The van der Waals surface area contributed by atoms with Gasteiger partial charge in [0.15, 0.2) is 0 Å². The minimum atomic E-state index is -2.11. The lowest BCUT2D eigenvalue weighted by atomic mass is 9.69. The molecule has 4 unspecified atom stereocenters. The molecule has 0 spiro atoms. The quantitative estimate of drug-likeness (QED) is 0.561. The first-order chi connectivity index (χ1) is 11.2. The minimum absolute atomic E-state index is 0.0654. The molecule has 6 atom stereocenters. The molecule has 0 saturated heterocycles. The molecule has 0 aromatic rings. The molecule has 0 aromatic heterocycles. The third kappa shape index (κ3) is 3.20. The molecule has 0 heterocycles. The molecule has 1 N–H and O–H groups in total. The highest BCUT2D eigenvalue weighted by Crippen LogP contribution is 2.65. The molecule has 0 aromatic carbocycles. The van der Waals surface area contributed by atoms with E-state index < -0.39 is 11.1 Å². The van der Waals surface area contributed by atoms with E-state index in [0.717, 1.165) is 19.3 Å². The van der Waals surface area contributed by atoms with Crippen LogP contribution in [0.25, 0.3) is 0 Å². The van der Waals surface area contributed by atoms with Crippen LogP contribution >= 0.6 is 0 Å². The number of allylic oxidation sites excluding steroid dienone is 1. The van der Waals surface area contributed by atoms with Crippen LogP contribution in [0, 0.1) is 22.7 Å². The molecule has 138 valence electrons. The molecular formula is C18H30NO4S-. The zero-order valence-corrected chi connectivity index (χ0v) is 16.2. The molecule has 2 aliphatic carbocycles. The van der Waals surface area contributed by atoms with E-state index in [-0.39, 0.29) is 40.6 Å². The van der Waals surface area contributed by atoms with Crippen LogP contribution in [-0.4, -0.2) is 39.7 Å². The summed E-state index contributed by atoms with van der Waals surface area (Å²) in [5.74, 6) is 0.210. The second-order valence-corrected chi connectivity index (χ2v) is 8.77. The van der Waals surface area contributed by atoms with Crippen LogP contribution in [0.15, 0.2) is 12.2 Å². The third-order valence-corrected chi connectivity index (χ3v) is 7.43. The highest BCUT2D eigenvalue weighted by atomic mass is 32.2. The van der Waals surface area contributed by atoms with Crippen molar-refractivity contribution in [1.82, 2.24) is 5.32 Å². The molecule has 2 rings (SSSR count). The predicted octanol–water partition coefficient (Wildman–Crippen LogP) is 2.40. The van der Waals surface area contributed by atoms with Crippen LogP contribution < -0.4 is 5.32 Å². The topological polar surface area (TPSA) is 78.5 Å². The highest BCUT2D eigenvalue weighted by Gasteiger charge is 2.64. The Morgan fingerprint density at radius 2 is 2.17 bits per heavy atom. The molecule has 0 aliphatic heterocycles. The monoisotopic (exact) mass is 356 g/mol. The number of rotatable bonds is 7. The average molecular weight is 357 g/mol. The van der Waals surface area contributed by atoms with E-state index in [1.54, 1.807) is 7.11 Å². The first kappa shape index (κ1) is 19.6. The number of fused-ring (bicyclic) bond motifs is 2. The second kappa shape index (κ2) is 7.26. The van der Waals surface area contributed by atoms with Gasteiger partial charge >= 0.3 is 0 Å². The summed E-state index contributed by atoms with van der Waals surface area (Å²) >= 11 is -2.11. The summed E-state index contributed by atoms with van der Waals surface area (Å²) < 4.78 is 28.4. The Morgan fingerprint density at radius 1 is 1.50 bits per heavy atom. The Labute approximate surface area is 147 Å². The molecule has 2 bridgehead atoms. The van der Waals surface area contributed by atoms with Crippen LogP contribution in [-0.2, 0) is 20.6 Å². The van der Waals surface area contributed by atoms with E-state index in [0.29, 0.717) is 5.92 Å². The standard InChI is InChI=1S/C18H31NO4S/c1-6-7-14(23-5)12(2)16(20)19-15-10-13-8-9-18(15,11-24(21)22)17(13,3)4/h6-7,12-15H,8-11H2,1-5H3,(H,19,20)(H,21,22)/p-1/b7-6+/t12-,13?,14-,15?,18?/m1/s1. The number of ether oxygens (including phenoxy) is 1. The van der Waals surface area contributed by atoms with Gasteiger partial charge < -0.3 is 14.6 Å². The van der Waals surface area contributed by atoms with Gasteiger partial charge in [0.25, 0.3) is 0 Å². The van der Waals surface area contributed by atoms with Crippen LogP contribution in [0.3, 0.4) is 0 Å². The number of hydrogen-bond donors (Lipinski definition) is 1. The fourth-order valence-corrected chi connectivity index (χ4v) is 6.06. The van der Waals surface area contributed by atoms with Crippen molar-refractivity contribution in [3.63, 3.8) is 0 Å². The van der Waals surface area contributed by atoms with Gasteiger partial charge in [0, 0.05) is 24.3 Å². The number of nitrogens with one attached hydrogen (secondary N) is 1. The van der Waals surface area contributed by atoms with E-state index >= 15 is 0 Å². The number of carbonyl (C=O) groups excluding carboxylic acids is 1. The lowest BCUT2D eigenvalue weighted by molar-refractivity contribution is -0.129. The molecule has 5 nitrogen and oxygen atoms in total. The van der Waals surface area contributed by atoms with Gasteiger partial charge in [-0.05, 0) is 37.5 Å². The molecule has 0 radical (unpaired) electrons. The van der Waals surface area contributed by atoms with Gasteiger partial charge in [0.1, 0.15) is 0 Å². The maximum Gasteiger partial charge on any atom is 0.226 e. The zero-order valence-electron chi connectivity index (χ0n) is 15.3. The van der Waals surface area contributed by atoms with Gasteiger partial charge in [-0.1, -0.05) is 44.0 Å². The summed E-state index contributed by atoms with van der Waals surface area (Å²) in [6, 6.07) is -0.0813. The second-order valence-electron chi connectivity index (χ2n) is 7.87. The van der Waals surface area contributed by atoms with Crippen molar-refractivity contribution in [2.45, 2.75) is 59.1 Å². The van der Waals surface area contributed by atoms with Crippen molar-refractivity contribution < 1.29 is 18.3 Å². The van der Waals surface area contributed by atoms with Gasteiger partial charge in [-0.25, -0.2) is 0 Å². The van der Waals surface area contributed by atoms with Gasteiger partial charge in [-0.15, -0.1) is 0 Å². The Hall–Kier alpha value is -0.720. The van der Waals surface area contributed by atoms with E-state index in [9.17, 15) is 13.6 Å². The third-order valence-electron chi connectivity index (χ3n) is 6.68. The summed E-state index contributed by atoms with van der Waals surface area (Å²) in [6.45, 7) is 8.06. The van der Waals surface area contributed by atoms with Crippen molar-refractivity contribution in [3.8, 4) is 0 Å². The molecule has 6 heteroatoms. The Morgan fingerprint density at radius 3 is 2.67 bits per heavy atom. The maximum atomic E-state index is 12.7. The summed E-state index contributed by atoms with van der Waals surface area (Å²) in [6.07, 6.45) is 6.25. The van der Waals surface area contributed by atoms with Gasteiger partial charge in [0.2, 0.25) is 5.91 Å². The van der Waals surface area contributed by atoms with E-state index in [1.807, 2.05) is 26.0 Å². The predicted molar refractivity (Wildman–Crippen MR) is 94.0 cm³/mol. The lowest BCUT2D eigenvalue weighted by Crippen LogP contribution is -2.53. The van der Waals surface area contributed by atoms with E-state index in [1.165, 1.54) is 0 Å². The molecule has 24 heavy (non-hydrogen) atoms. The fourth-order valence-electron chi connectivity index (χ4n) is 4.92. The fraction of sp³-hybridized carbons (Fsp3) is 0.833. The Balaban J connectivity index is 2.17. The summed E-state index contributed by atoms with van der Waals surface area (Å²) in [5.41, 5.74) is -0.430. The van der Waals surface area contributed by atoms with Crippen molar-refractivity contribution in [2.75, 3.05) is 12.9 Å². The summed E-state index contributed by atoms with van der Waals surface area (Å²) in [4.78, 5) is 12.7. The van der Waals surface area contributed by atoms with Gasteiger partial charge in [-0.3, -0.25) is 9.00 Å². The maximum absolute atomic E-state index is 12.7. The summed E-state index contributed by atoms with van der Waals surface area (Å²) in [7, 11) is 1.59. The molecular weight excluding hydrogens is 326 g/mol. The first-order valence-corrected chi connectivity index (χ1v) is 9.96. The van der Waals surface area contributed by atoms with Gasteiger partial charge in [-0.2, -0.15) is 0 Å². The smallest absolute Gasteiger partial charge is 0.226 e. The van der Waals surface area contributed by atoms with Crippen molar-refractivity contribution in [3.05, 3.63) is 12.2 Å². The number of carbonyl (C=O) groups is 1. The van der Waals surface area contributed by atoms with Crippen LogP contribution in [0.4, 0.5) is 0 Å². The minimum Gasteiger partial charge on any atom is -0.772 e. The lowest BCUT2D eigenvalue weighted by Gasteiger charge is -2.43. The van der Waals surface area contributed by atoms with Crippen LogP contribution in [0.1, 0.15) is 47.0 Å². The Bertz CT molecular complexity index is 533. The van der Waals surface area contributed by atoms with E-state index in [2.05, 4.69) is 19.2 Å². The molecule has 2 fully saturated rings. The molecule has 1 amide bonds. The first-order valence-electron chi connectivity index (χ1n) is 8.71. The number of hydrogen-bond acceptors (Lipinski definition) is 4. The summed E-state index contributed by atoms with van der Waals surface area (Å²) in [5, 5.41) is 3.16. The number of methoxy groups -OCH3 is 1. The average Bonchev–Trinajstić information content (AvgIpc) is 2.85. The van der Waals surface area contributed by atoms with Gasteiger partial charge in [0.05, 0.1) is 12.0 Å². The van der Waals surface area contributed by atoms with Crippen molar-refractivity contribution in [2.24, 2.45) is 22.7 Å². The van der Waals surface area contributed by atoms with Crippen molar-refractivity contribution in [1.29, 1.82) is 0 Å². The SMILES string of the molecule is C/C=C/[C@@H](OC)[C@@H](C)C(=O)NC1CC2CCC1(CS(=O)[O-])C2(C)C. The van der Waals surface area contributed by atoms with Crippen LogP contribution in [0.5, 0.6) is 0 Å². The molecule has 2 aliphatic rings. The van der Waals surface area contributed by atoms with E-state index in [4.69, 9.17) is 4.74 Å². The number of amides is 1. The zero-order chi connectivity index (χ0) is 18.1. The van der Waals surface area contributed by atoms with Crippen LogP contribution in [0.2, 0.25) is 0 Å². The van der Waals surface area contributed by atoms with Crippen molar-refractivity contribution >= 4 is 17.0 Å². The normalized spacial score (nSPS) is 35.1. The largest absolute Gasteiger partial charge is 0.772 e. The molecule has 2 saturated carbocycles. The highest BCUT2D eigenvalue weighted by molar-refractivity contribution is 7.79.